The molecule has 4 heteroatoms. The first-order valence-corrected chi connectivity index (χ1v) is 8.82. The van der Waals surface area contributed by atoms with Crippen LogP contribution in [0.4, 0.5) is 0 Å². The van der Waals surface area contributed by atoms with Crippen LogP contribution in [-0.4, -0.2) is 41.1 Å². The molecule has 0 spiro atoms. The number of ether oxygens (including phenoxy) is 1. The van der Waals surface area contributed by atoms with Gasteiger partial charge in [-0.25, -0.2) is 0 Å². The first-order chi connectivity index (χ1) is 12.2. The second-order valence-corrected chi connectivity index (χ2v) is 7.04. The fourth-order valence-corrected chi connectivity index (χ4v) is 4.26. The molecular weight excluding hydrogens is 312 g/mol. The fourth-order valence-electron chi connectivity index (χ4n) is 4.26. The summed E-state index contributed by atoms with van der Waals surface area (Å²) in [6, 6.07) is 15.8. The van der Waals surface area contributed by atoms with E-state index in [2.05, 4.69) is 11.9 Å². The minimum absolute atomic E-state index is 0.00546. The molecule has 0 unspecified atom stereocenters. The van der Waals surface area contributed by atoms with E-state index >= 15 is 0 Å². The second kappa shape index (κ2) is 5.46. The van der Waals surface area contributed by atoms with Crippen LogP contribution < -0.4 is 4.74 Å². The Morgan fingerprint density at radius 1 is 1.12 bits per heavy atom. The van der Waals surface area contributed by atoms with E-state index in [0.717, 1.165) is 36.0 Å². The molecule has 25 heavy (non-hydrogen) atoms. The summed E-state index contributed by atoms with van der Waals surface area (Å²) in [5, 5.41) is 1.09. The van der Waals surface area contributed by atoms with E-state index in [1.807, 2.05) is 54.7 Å². The van der Waals surface area contributed by atoms with E-state index in [1.165, 1.54) is 5.56 Å². The van der Waals surface area contributed by atoms with Crippen molar-refractivity contribution >= 4 is 16.8 Å². The average molecular weight is 332 g/mol. The van der Waals surface area contributed by atoms with Gasteiger partial charge in [0.2, 0.25) is 0 Å². The van der Waals surface area contributed by atoms with E-state index in [9.17, 15) is 4.79 Å². The Balaban J connectivity index is 1.67. The molecule has 3 aromatic rings. The molecule has 3 heterocycles. The Bertz CT molecular complexity index is 961. The fraction of sp³-hybridized carbons (Fsp3) is 0.286. The summed E-state index contributed by atoms with van der Waals surface area (Å²) in [5.41, 5.74) is 2.84. The molecule has 0 radical (unpaired) electrons. The van der Waals surface area contributed by atoms with Crippen molar-refractivity contribution in [3.8, 4) is 5.75 Å². The van der Waals surface area contributed by atoms with Crippen LogP contribution in [0.2, 0.25) is 0 Å². The van der Waals surface area contributed by atoms with Gasteiger partial charge in [0.05, 0.1) is 11.6 Å². The van der Waals surface area contributed by atoms with Crippen molar-refractivity contribution in [2.45, 2.75) is 25.0 Å². The topological polar surface area (TPSA) is 34.5 Å². The monoisotopic (exact) mass is 332 g/mol. The molecule has 2 aromatic carbocycles. The SMILES string of the molecule is CN1CC[C@@H]2Oc3cccc4c3c(cn4C(=O)c3ccccc3)C[C@H]21. The zero-order valence-corrected chi connectivity index (χ0v) is 14.2. The van der Waals surface area contributed by atoms with Gasteiger partial charge < -0.3 is 4.74 Å². The summed E-state index contributed by atoms with van der Waals surface area (Å²) in [6.07, 6.45) is 4.23. The number of benzene rings is 2. The average Bonchev–Trinajstić information content (AvgIpc) is 3.13. The van der Waals surface area contributed by atoms with Crippen molar-refractivity contribution in [3.05, 3.63) is 65.9 Å². The van der Waals surface area contributed by atoms with Crippen molar-refractivity contribution < 1.29 is 9.53 Å². The highest BCUT2D eigenvalue weighted by molar-refractivity contribution is 6.04. The maximum atomic E-state index is 13.0. The Hall–Kier alpha value is -2.59. The van der Waals surface area contributed by atoms with E-state index in [-0.39, 0.29) is 12.0 Å². The number of carbonyl (C=O) groups is 1. The third-order valence-corrected chi connectivity index (χ3v) is 5.58. The molecule has 0 aliphatic carbocycles. The molecule has 2 aliphatic heterocycles. The minimum atomic E-state index is 0.00546. The van der Waals surface area contributed by atoms with Crippen LogP contribution in [0.1, 0.15) is 22.3 Å². The number of hydrogen-bond donors (Lipinski definition) is 0. The van der Waals surface area contributed by atoms with Gasteiger partial charge in [0.15, 0.2) is 0 Å². The number of likely N-dealkylation sites (tertiary alicyclic amines) is 1. The number of likely N-dealkylation sites (N-methyl/N-ethyl adjacent to an activating group) is 1. The molecule has 0 amide bonds. The van der Waals surface area contributed by atoms with Crippen LogP contribution in [-0.2, 0) is 6.42 Å². The summed E-state index contributed by atoms with van der Waals surface area (Å²) in [5.74, 6) is 0.917. The molecule has 2 atom stereocenters. The Kier molecular flexibility index (Phi) is 3.22. The number of aromatic nitrogens is 1. The van der Waals surface area contributed by atoms with Crippen LogP contribution in [0.15, 0.2) is 54.7 Å². The lowest BCUT2D eigenvalue weighted by Gasteiger charge is -2.23. The van der Waals surface area contributed by atoms with E-state index < -0.39 is 0 Å². The number of hydrogen-bond acceptors (Lipinski definition) is 3. The third kappa shape index (κ3) is 2.21. The molecule has 5 rings (SSSR count). The second-order valence-electron chi connectivity index (χ2n) is 7.04. The summed E-state index contributed by atoms with van der Waals surface area (Å²) < 4.78 is 8.14. The van der Waals surface area contributed by atoms with Crippen LogP contribution in [0, 0.1) is 0 Å². The summed E-state index contributed by atoms with van der Waals surface area (Å²) >= 11 is 0. The van der Waals surface area contributed by atoms with Gasteiger partial charge in [-0.05, 0) is 49.7 Å². The molecule has 126 valence electrons. The highest BCUT2D eigenvalue weighted by Crippen LogP contribution is 2.38. The van der Waals surface area contributed by atoms with Gasteiger partial charge in [0.1, 0.15) is 11.9 Å². The van der Waals surface area contributed by atoms with Crippen LogP contribution >= 0.6 is 0 Å². The quantitative estimate of drug-likeness (QED) is 0.685. The van der Waals surface area contributed by atoms with Gasteiger partial charge >= 0.3 is 0 Å². The van der Waals surface area contributed by atoms with Gasteiger partial charge in [-0.3, -0.25) is 14.3 Å². The smallest absolute Gasteiger partial charge is 0.262 e. The first kappa shape index (κ1) is 14.7. The number of fused-ring (bicyclic) bond motifs is 1. The van der Waals surface area contributed by atoms with Gasteiger partial charge in [-0.15, -0.1) is 0 Å². The van der Waals surface area contributed by atoms with Crippen LogP contribution in [0.25, 0.3) is 10.9 Å². The van der Waals surface area contributed by atoms with Crippen molar-refractivity contribution in [3.63, 3.8) is 0 Å². The standard InChI is InChI=1S/C21H20N2O2/c1-22-11-10-18-17(22)12-15-13-23(21(24)14-6-3-2-4-7-14)16-8-5-9-19(25-18)20(15)16/h2-9,13,17-18H,10-12H2,1H3/t17-,18+/m1/s1. The third-order valence-electron chi connectivity index (χ3n) is 5.58. The predicted molar refractivity (Wildman–Crippen MR) is 97.3 cm³/mol. The van der Waals surface area contributed by atoms with Gasteiger partial charge in [-0.1, -0.05) is 24.3 Å². The lowest BCUT2D eigenvalue weighted by molar-refractivity contribution is 0.0964. The molecule has 0 N–H and O–H groups in total. The number of nitrogens with zero attached hydrogens (tertiary/aromatic N) is 2. The Morgan fingerprint density at radius 2 is 1.96 bits per heavy atom. The number of rotatable bonds is 1. The molecule has 0 bridgehead atoms. The zero-order valence-electron chi connectivity index (χ0n) is 14.2. The lowest BCUT2D eigenvalue weighted by Crippen LogP contribution is -2.36. The summed E-state index contributed by atoms with van der Waals surface area (Å²) in [6.45, 7) is 1.06. The first-order valence-electron chi connectivity index (χ1n) is 8.82. The van der Waals surface area contributed by atoms with Gasteiger partial charge in [0, 0.05) is 23.7 Å². The van der Waals surface area contributed by atoms with Crippen molar-refractivity contribution in [2.24, 2.45) is 0 Å². The van der Waals surface area contributed by atoms with E-state index in [1.54, 1.807) is 4.57 Å². The minimum Gasteiger partial charge on any atom is -0.488 e. The molecule has 2 aliphatic rings. The van der Waals surface area contributed by atoms with Crippen molar-refractivity contribution in [1.82, 2.24) is 9.47 Å². The maximum Gasteiger partial charge on any atom is 0.262 e. The largest absolute Gasteiger partial charge is 0.488 e. The maximum absolute atomic E-state index is 13.0. The molecule has 1 fully saturated rings. The zero-order chi connectivity index (χ0) is 17.0. The normalized spacial score (nSPS) is 22.4. The molecule has 0 saturated carbocycles. The highest BCUT2D eigenvalue weighted by atomic mass is 16.5. The van der Waals surface area contributed by atoms with Crippen molar-refractivity contribution in [1.29, 1.82) is 0 Å². The van der Waals surface area contributed by atoms with E-state index in [0.29, 0.717) is 11.6 Å². The Labute approximate surface area is 146 Å². The summed E-state index contributed by atoms with van der Waals surface area (Å²) in [7, 11) is 2.16. The molecular formula is C21H20N2O2. The van der Waals surface area contributed by atoms with Gasteiger partial charge in [-0.2, -0.15) is 0 Å². The molecule has 1 aromatic heterocycles. The van der Waals surface area contributed by atoms with Gasteiger partial charge in [0.25, 0.3) is 5.91 Å². The summed E-state index contributed by atoms with van der Waals surface area (Å²) in [4.78, 5) is 15.4. The van der Waals surface area contributed by atoms with Crippen LogP contribution in [0.3, 0.4) is 0 Å². The number of carbonyl (C=O) groups excluding carboxylic acids is 1. The van der Waals surface area contributed by atoms with Crippen LogP contribution in [0.5, 0.6) is 5.75 Å². The predicted octanol–water partition coefficient (Wildman–Crippen LogP) is 3.34. The van der Waals surface area contributed by atoms with Crippen molar-refractivity contribution in [2.75, 3.05) is 13.6 Å². The highest BCUT2D eigenvalue weighted by Gasteiger charge is 2.37. The molecule has 4 nitrogen and oxygen atoms in total. The Morgan fingerprint density at radius 3 is 2.80 bits per heavy atom. The molecule has 1 saturated heterocycles. The van der Waals surface area contributed by atoms with E-state index in [4.69, 9.17) is 4.74 Å². The lowest BCUT2D eigenvalue weighted by atomic mass is 10.0.